The van der Waals surface area contributed by atoms with E-state index in [4.69, 9.17) is 0 Å². The molecule has 1 atom stereocenters. The minimum absolute atomic E-state index is 0.0772. The van der Waals surface area contributed by atoms with Crippen molar-refractivity contribution in [1.82, 2.24) is 4.90 Å². The van der Waals surface area contributed by atoms with Crippen molar-refractivity contribution in [2.75, 3.05) is 31.1 Å². The highest BCUT2D eigenvalue weighted by Crippen LogP contribution is 2.35. The van der Waals surface area contributed by atoms with Gasteiger partial charge in [0.25, 0.3) is 11.6 Å². The van der Waals surface area contributed by atoms with Gasteiger partial charge in [0.2, 0.25) is 0 Å². The molecule has 1 amide bonds. The molecule has 2 heterocycles. The van der Waals surface area contributed by atoms with Gasteiger partial charge < -0.3 is 14.9 Å². The maximum absolute atomic E-state index is 12.7. The average molecular weight is 347 g/mol. The van der Waals surface area contributed by atoms with Gasteiger partial charge in [0, 0.05) is 37.9 Å². The smallest absolute Gasteiger partial charge is 0.311 e. The van der Waals surface area contributed by atoms with E-state index in [9.17, 15) is 24.8 Å². The van der Waals surface area contributed by atoms with Crippen LogP contribution in [0.3, 0.4) is 0 Å². The second-order valence-corrected chi connectivity index (χ2v) is 7.00. The van der Waals surface area contributed by atoms with Crippen molar-refractivity contribution in [2.45, 2.75) is 26.2 Å². The Morgan fingerprint density at radius 2 is 1.92 bits per heavy atom. The first-order chi connectivity index (χ1) is 11.8. The Labute approximate surface area is 145 Å². The summed E-state index contributed by atoms with van der Waals surface area (Å²) in [7, 11) is 0. The number of nitrogens with zero attached hydrogens (tertiary/aromatic N) is 3. The minimum atomic E-state index is -0.856. The van der Waals surface area contributed by atoms with Crippen molar-refractivity contribution < 1.29 is 19.6 Å². The Morgan fingerprint density at radius 3 is 2.48 bits per heavy atom. The molecule has 1 unspecified atom stereocenters. The predicted octanol–water partition coefficient (Wildman–Crippen LogP) is 2.13. The van der Waals surface area contributed by atoms with E-state index in [0.29, 0.717) is 38.3 Å². The summed E-state index contributed by atoms with van der Waals surface area (Å²) in [5.74, 6) is -1.18. The first-order valence-corrected chi connectivity index (χ1v) is 8.38. The quantitative estimate of drug-likeness (QED) is 0.661. The topological polar surface area (TPSA) is 104 Å². The number of nitro groups is 1. The van der Waals surface area contributed by atoms with Crippen molar-refractivity contribution in [3.8, 4) is 0 Å². The molecule has 2 aliphatic heterocycles. The largest absolute Gasteiger partial charge is 0.481 e. The number of likely N-dealkylation sites (tertiary alicyclic amines) is 1. The van der Waals surface area contributed by atoms with Crippen LogP contribution in [-0.2, 0) is 4.79 Å². The first-order valence-electron chi connectivity index (χ1n) is 8.38. The number of hydrogen-bond acceptors (Lipinski definition) is 5. The molecular formula is C17H21N3O5. The van der Waals surface area contributed by atoms with Crippen LogP contribution in [-0.4, -0.2) is 53.0 Å². The zero-order valence-corrected chi connectivity index (χ0v) is 14.1. The van der Waals surface area contributed by atoms with Crippen LogP contribution in [0.1, 0.15) is 36.5 Å². The first kappa shape index (κ1) is 17.2. The van der Waals surface area contributed by atoms with Crippen molar-refractivity contribution in [3.63, 3.8) is 0 Å². The third-order valence-electron chi connectivity index (χ3n) is 5.16. The average Bonchev–Trinajstić information content (AvgIpc) is 3.24. The molecule has 8 heteroatoms. The molecule has 25 heavy (non-hydrogen) atoms. The summed E-state index contributed by atoms with van der Waals surface area (Å²) in [6.07, 6.45) is 2.30. The van der Waals surface area contributed by atoms with Crippen LogP contribution in [0.4, 0.5) is 11.4 Å². The molecule has 0 aromatic heterocycles. The Bertz CT molecular complexity index is 729. The van der Waals surface area contributed by atoms with E-state index in [1.807, 2.05) is 4.90 Å². The Kier molecular flexibility index (Phi) is 4.36. The Morgan fingerprint density at radius 1 is 1.24 bits per heavy atom. The SMILES string of the molecule is CC1(C(=O)O)CCN(c2ccc([N+](=O)[O-])c(C(=O)N3CCCC3)c2)C1. The van der Waals surface area contributed by atoms with E-state index >= 15 is 0 Å². The number of carboxylic acid groups (broad SMARTS) is 1. The Balaban J connectivity index is 1.92. The van der Waals surface area contributed by atoms with Gasteiger partial charge in [-0.1, -0.05) is 0 Å². The summed E-state index contributed by atoms with van der Waals surface area (Å²) < 4.78 is 0. The third kappa shape index (κ3) is 3.16. The van der Waals surface area contributed by atoms with Crippen LogP contribution in [0.2, 0.25) is 0 Å². The summed E-state index contributed by atoms with van der Waals surface area (Å²) in [4.78, 5) is 38.4. The molecule has 0 spiro atoms. The van der Waals surface area contributed by atoms with E-state index in [2.05, 4.69) is 0 Å². The normalized spacial score (nSPS) is 23.1. The van der Waals surface area contributed by atoms with Gasteiger partial charge in [-0.05, 0) is 38.3 Å². The number of carboxylic acids is 1. The molecule has 1 aromatic carbocycles. The Hall–Kier alpha value is -2.64. The number of carbonyl (C=O) groups excluding carboxylic acids is 1. The van der Waals surface area contributed by atoms with E-state index in [-0.39, 0.29) is 17.2 Å². The second kappa shape index (κ2) is 6.34. The summed E-state index contributed by atoms with van der Waals surface area (Å²) >= 11 is 0. The number of rotatable bonds is 4. The molecule has 2 saturated heterocycles. The summed E-state index contributed by atoms with van der Waals surface area (Å²) in [5.41, 5.74) is -0.326. The number of anilines is 1. The fraction of sp³-hybridized carbons (Fsp3) is 0.529. The molecule has 0 radical (unpaired) electrons. The fourth-order valence-electron chi connectivity index (χ4n) is 3.50. The zero-order chi connectivity index (χ0) is 18.2. The third-order valence-corrected chi connectivity index (χ3v) is 5.16. The van der Waals surface area contributed by atoms with Crippen LogP contribution >= 0.6 is 0 Å². The number of aliphatic carboxylic acids is 1. The number of nitro benzene ring substituents is 1. The number of benzene rings is 1. The van der Waals surface area contributed by atoms with Crippen LogP contribution < -0.4 is 4.90 Å². The maximum Gasteiger partial charge on any atom is 0.311 e. The molecule has 1 N–H and O–H groups in total. The lowest BCUT2D eigenvalue weighted by Crippen LogP contribution is -2.32. The van der Waals surface area contributed by atoms with Crippen molar-refractivity contribution in [1.29, 1.82) is 0 Å². The number of hydrogen-bond donors (Lipinski definition) is 1. The molecule has 3 rings (SSSR count). The molecule has 1 aromatic rings. The number of carbonyl (C=O) groups is 2. The van der Waals surface area contributed by atoms with Gasteiger partial charge >= 0.3 is 5.97 Å². The lowest BCUT2D eigenvalue weighted by Gasteiger charge is -2.23. The lowest BCUT2D eigenvalue weighted by molar-refractivity contribution is -0.385. The van der Waals surface area contributed by atoms with Gasteiger partial charge in [-0.25, -0.2) is 0 Å². The van der Waals surface area contributed by atoms with Gasteiger partial charge in [-0.15, -0.1) is 0 Å². The van der Waals surface area contributed by atoms with Crippen LogP contribution in [0.15, 0.2) is 18.2 Å². The summed E-state index contributed by atoms with van der Waals surface area (Å²) in [5, 5.41) is 20.7. The van der Waals surface area contributed by atoms with Gasteiger partial charge in [0.15, 0.2) is 0 Å². The van der Waals surface area contributed by atoms with Gasteiger partial charge in [0.1, 0.15) is 5.56 Å². The van der Waals surface area contributed by atoms with E-state index in [1.165, 1.54) is 12.1 Å². The van der Waals surface area contributed by atoms with Crippen LogP contribution in [0.25, 0.3) is 0 Å². The molecule has 0 saturated carbocycles. The molecule has 134 valence electrons. The van der Waals surface area contributed by atoms with E-state index in [0.717, 1.165) is 12.8 Å². The predicted molar refractivity (Wildman–Crippen MR) is 90.8 cm³/mol. The highest BCUT2D eigenvalue weighted by molar-refractivity contribution is 5.99. The van der Waals surface area contributed by atoms with Crippen LogP contribution in [0.5, 0.6) is 0 Å². The molecule has 0 bridgehead atoms. The molecule has 0 aliphatic carbocycles. The highest BCUT2D eigenvalue weighted by atomic mass is 16.6. The van der Waals surface area contributed by atoms with Gasteiger partial charge in [-0.3, -0.25) is 19.7 Å². The van der Waals surface area contributed by atoms with Crippen molar-refractivity contribution in [3.05, 3.63) is 33.9 Å². The zero-order valence-electron chi connectivity index (χ0n) is 14.1. The second-order valence-electron chi connectivity index (χ2n) is 7.00. The van der Waals surface area contributed by atoms with E-state index < -0.39 is 16.3 Å². The van der Waals surface area contributed by atoms with Gasteiger partial charge in [-0.2, -0.15) is 0 Å². The fourth-order valence-corrected chi connectivity index (χ4v) is 3.50. The molecule has 2 fully saturated rings. The standard InChI is InChI=1S/C17H21N3O5/c1-17(16(22)23)6-9-19(11-17)12-4-5-14(20(24)25)13(10-12)15(21)18-7-2-3-8-18/h4-5,10H,2-3,6-9,11H2,1H3,(H,22,23). The van der Waals surface area contributed by atoms with Crippen LogP contribution in [0, 0.1) is 15.5 Å². The molecular weight excluding hydrogens is 326 g/mol. The van der Waals surface area contributed by atoms with Crippen molar-refractivity contribution >= 4 is 23.3 Å². The lowest BCUT2D eigenvalue weighted by atomic mass is 9.90. The van der Waals surface area contributed by atoms with Gasteiger partial charge in [0.05, 0.1) is 10.3 Å². The summed E-state index contributed by atoms with van der Waals surface area (Å²) in [6, 6.07) is 4.47. The minimum Gasteiger partial charge on any atom is -0.481 e. The molecule has 2 aliphatic rings. The monoisotopic (exact) mass is 347 g/mol. The highest BCUT2D eigenvalue weighted by Gasteiger charge is 2.41. The number of amides is 1. The molecule has 8 nitrogen and oxygen atoms in total. The summed E-state index contributed by atoms with van der Waals surface area (Å²) in [6.45, 7) is 3.77. The maximum atomic E-state index is 12.7. The van der Waals surface area contributed by atoms with Crippen molar-refractivity contribution in [2.24, 2.45) is 5.41 Å². The van der Waals surface area contributed by atoms with E-state index in [1.54, 1.807) is 17.9 Å².